The fraction of sp³-hybridized carbons (Fsp3) is 0.222. The number of benzene rings is 2. The van der Waals surface area contributed by atoms with Gasteiger partial charge in [-0.25, -0.2) is 0 Å². The fourth-order valence-electron chi connectivity index (χ4n) is 2.23. The summed E-state index contributed by atoms with van der Waals surface area (Å²) < 4.78 is 4.81. The van der Waals surface area contributed by atoms with E-state index in [2.05, 4.69) is 5.16 Å². The zero-order valence-electron chi connectivity index (χ0n) is 12.9. The standard InChI is InChI=1S/C18H19NO3/c1-13(18(20)21-2)15-10-7-11-16(12-15)17(19-22-3)14-8-5-4-6-9-14/h4-13H,1-3H3/b19-17+/t13-/m1/s1. The van der Waals surface area contributed by atoms with Crippen molar-refractivity contribution in [1.29, 1.82) is 0 Å². The van der Waals surface area contributed by atoms with Crippen molar-refractivity contribution in [1.82, 2.24) is 0 Å². The molecule has 2 rings (SSSR count). The minimum Gasteiger partial charge on any atom is -0.469 e. The lowest BCUT2D eigenvalue weighted by atomic mass is 9.95. The Morgan fingerprint density at radius 2 is 1.68 bits per heavy atom. The van der Waals surface area contributed by atoms with E-state index in [1.54, 1.807) is 0 Å². The van der Waals surface area contributed by atoms with Crippen LogP contribution in [-0.2, 0) is 14.4 Å². The Balaban J connectivity index is 2.42. The molecule has 114 valence electrons. The lowest BCUT2D eigenvalue weighted by Crippen LogP contribution is -2.12. The molecule has 1 atom stereocenters. The first-order valence-corrected chi connectivity index (χ1v) is 7.02. The molecule has 0 amide bonds. The second-order valence-electron chi connectivity index (χ2n) is 4.86. The molecule has 0 fully saturated rings. The van der Waals surface area contributed by atoms with Crippen molar-refractivity contribution in [3.8, 4) is 0 Å². The van der Waals surface area contributed by atoms with Crippen LogP contribution in [0, 0.1) is 0 Å². The van der Waals surface area contributed by atoms with Crippen LogP contribution >= 0.6 is 0 Å². The van der Waals surface area contributed by atoms with E-state index in [1.165, 1.54) is 14.2 Å². The molecule has 0 aliphatic heterocycles. The van der Waals surface area contributed by atoms with Gasteiger partial charge >= 0.3 is 5.97 Å². The predicted molar refractivity (Wildman–Crippen MR) is 86.0 cm³/mol. The quantitative estimate of drug-likeness (QED) is 0.483. The number of hydrogen-bond acceptors (Lipinski definition) is 4. The Labute approximate surface area is 130 Å². The summed E-state index contributed by atoms with van der Waals surface area (Å²) in [4.78, 5) is 16.7. The average molecular weight is 297 g/mol. The molecular formula is C18H19NO3. The third-order valence-corrected chi connectivity index (χ3v) is 3.44. The number of rotatable bonds is 5. The van der Waals surface area contributed by atoms with Crippen LogP contribution in [0.3, 0.4) is 0 Å². The summed E-state index contributed by atoms with van der Waals surface area (Å²) in [6.45, 7) is 1.82. The Morgan fingerprint density at radius 1 is 1.00 bits per heavy atom. The molecule has 0 aliphatic rings. The van der Waals surface area contributed by atoms with Gasteiger partial charge in [0, 0.05) is 11.1 Å². The summed E-state index contributed by atoms with van der Waals surface area (Å²) >= 11 is 0. The molecule has 0 heterocycles. The van der Waals surface area contributed by atoms with Gasteiger partial charge in [0.15, 0.2) is 0 Å². The SMILES string of the molecule is CO/N=C(\c1ccccc1)c1cccc([C@@H](C)C(=O)OC)c1. The number of hydrogen-bond donors (Lipinski definition) is 0. The number of ether oxygens (including phenoxy) is 1. The molecule has 0 radical (unpaired) electrons. The van der Waals surface area contributed by atoms with Crippen molar-refractivity contribution in [2.45, 2.75) is 12.8 Å². The smallest absolute Gasteiger partial charge is 0.312 e. The molecule has 4 nitrogen and oxygen atoms in total. The number of nitrogens with zero attached hydrogens (tertiary/aromatic N) is 1. The van der Waals surface area contributed by atoms with Gasteiger partial charge in [0.25, 0.3) is 0 Å². The Bertz CT molecular complexity index is 665. The summed E-state index contributed by atoms with van der Waals surface area (Å²) in [5.41, 5.74) is 3.44. The lowest BCUT2D eigenvalue weighted by molar-refractivity contribution is -0.141. The van der Waals surface area contributed by atoms with Crippen LogP contribution in [-0.4, -0.2) is 25.9 Å². The van der Waals surface area contributed by atoms with Gasteiger partial charge in [0.1, 0.15) is 12.8 Å². The van der Waals surface area contributed by atoms with E-state index >= 15 is 0 Å². The minimum atomic E-state index is -0.329. The Hall–Kier alpha value is -2.62. The molecule has 0 aromatic heterocycles. The summed E-state index contributed by atoms with van der Waals surface area (Å²) in [6.07, 6.45) is 0. The summed E-state index contributed by atoms with van der Waals surface area (Å²) in [7, 11) is 2.91. The summed E-state index contributed by atoms with van der Waals surface area (Å²) in [5.74, 6) is -0.591. The van der Waals surface area contributed by atoms with E-state index in [0.29, 0.717) is 0 Å². The number of carbonyl (C=O) groups is 1. The van der Waals surface area contributed by atoms with Crippen LogP contribution in [0.25, 0.3) is 0 Å². The largest absolute Gasteiger partial charge is 0.469 e. The van der Waals surface area contributed by atoms with E-state index < -0.39 is 0 Å². The molecule has 0 saturated heterocycles. The van der Waals surface area contributed by atoms with Crippen molar-refractivity contribution in [2.75, 3.05) is 14.2 Å². The van der Waals surface area contributed by atoms with Crippen LogP contribution in [0.2, 0.25) is 0 Å². The topological polar surface area (TPSA) is 47.9 Å². The van der Waals surface area contributed by atoms with Gasteiger partial charge in [-0.15, -0.1) is 0 Å². The fourth-order valence-corrected chi connectivity index (χ4v) is 2.23. The third-order valence-electron chi connectivity index (χ3n) is 3.44. The van der Waals surface area contributed by atoms with Crippen molar-refractivity contribution in [3.63, 3.8) is 0 Å². The first-order chi connectivity index (χ1) is 10.7. The van der Waals surface area contributed by atoms with Gasteiger partial charge in [-0.3, -0.25) is 4.79 Å². The number of methoxy groups -OCH3 is 1. The molecule has 2 aromatic carbocycles. The molecule has 0 spiro atoms. The van der Waals surface area contributed by atoms with Gasteiger partial charge in [-0.2, -0.15) is 0 Å². The number of esters is 1. The first-order valence-electron chi connectivity index (χ1n) is 7.02. The zero-order valence-corrected chi connectivity index (χ0v) is 12.9. The molecule has 0 saturated carbocycles. The van der Waals surface area contributed by atoms with E-state index in [9.17, 15) is 4.79 Å². The zero-order chi connectivity index (χ0) is 15.9. The molecule has 4 heteroatoms. The first kappa shape index (κ1) is 15.8. The van der Waals surface area contributed by atoms with E-state index in [0.717, 1.165) is 22.4 Å². The van der Waals surface area contributed by atoms with Gasteiger partial charge < -0.3 is 9.57 Å². The second-order valence-corrected chi connectivity index (χ2v) is 4.86. The highest BCUT2D eigenvalue weighted by Gasteiger charge is 2.17. The number of oxime groups is 1. The maximum Gasteiger partial charge on any atom is 0.312 e. The van der Waals surface area contributed by atoms with Crippen LogP contribution in [0.1, 0.15) is 29.5 Å². The number of carbonyl (C=O) groups excluding carboxylic acids is 1. The highest BCUT2D eigenvalue weighted by atomic mass is 16.6. The van der Waals surface area contributed by atoms with E-state index in [4.69, 9.17) is 9.57 Å². The van der Waals surface area contributed by atoms with Crippen molar-refractivity contribution < 1.29 is 14.4 Å². The Morgan fingerprint density at radius 3 is 2.32 bits per heavy atom. The second kappa shape index (κ2) is 7.41. The molecular weight excluding hydrogens is 278 g/mol. The normalized spacial score (nSPS) is 12.6. The van der Waals surface area contributed by atoms with Crippen LogP contribution < -0.4 is 0 Å². The van der Waals surface area contributed by atoms with Crippen molar-refractivity contribution in [3.05, 3.63) is 71.3 Å². The van der Waals surface area contributed by atoms with Crippen molar-refractivity contribution in [2.24, 2.45) is 5.16 Å². The average Bonchev–Trinajstić information content (AvgIpc) is 2.59. The van der Waals surface area contributed by atoms with Crippen LogP contribution in [0.4, 0.5) is 0 Å². The maximum atomic E-state index is 11.7. The van der Waals surface area contributed by atoms with E-state index in [-0.39, 0.29) is 11.9 Å². The molecule has 22 heavy (non-hydrogen) atoms. The third kappa shape index (κ3) is 3.52. The van der Waals surface area contributed by atoms with Gasteiger partial charge in [-0.1, -0.05) is 53.7 Å². The van der Waals surface area contributed by atoms with Gasteiger partial charge in [0.2, 0.25) is 0 Å². The summed E-state index contributed by atoms with van der Waals surface area (Å²) in [5, 5.41) is 4.13. The summed E-state index contributed by atoms with van der Waals surface area (Å²) in [6, 6.07) is 17.5. The van der Waals surface area contributed by atoms with Crippen molar-refractivity contribution >= 4 is 11.7 Å². The van der Waals surface area contributed by atoms with Crippen LogP contribution in [0.15, 0.2) is 59.8 Å². The minimum absolute atomic E-state index is 0.262. The highest BCUT2D eigenvalue weighted by Crippen LogP contribution is 2.20. The lowest BCUT2D eigenvalue weighted by Gasteiger charge is -2.12. The van der Waals surface area contributed by atoms with Crippen LogP contribution in [0.5, 0.6) is 0 Å². The van der Waals surface area contributed by atoms with E-state index in [1.807, 2.05) is 61.5 Å². The van der Waals surface area contributed by atoms with Gasteiger partial charge in [0.05, 0.1) is 13.0 Å². The monoisotopic (exact) mass is 297 g/mol. The molecule has 2 aromatic rings. The predicted octanol–water partition coefficient (Wildman–Crippen LogP) is 3.36. The van der Waals surface area contributed by atoms with Gasteiger partial charge in [-0.05, 0) is 18.6 Å². The Kier molecular flexibility index (Phi) is 5.31. The molecule has 0 unspecified atom stereocenters. The maximum absolute atomic E-state index is 11.7. The molecule has 0 N–H and O–H groups in total. The molecule has 0 aliphatic carbocycles. The highest BCUT2D eigenvalue weighted by molar-refractivity contribution is 6.12. The molecule has 0 bridgehead atoms.